The number of piperidine rings is 1. The third kappa shape index (κ3) is 4.24. The van der Waals surface area contributed by atoms with Crippen LogP contribution in [0.3, 0.4) is 0 Å². The van der Waals surface area contributed by atoms with Crippen molar-refractivity contribution < 1.29 is 14.3 Å². The molecule has 124 valence electrons. The number of anilines is 1. The average molecular weight is 337 g/mol. The fourth-order valence-corrected chi connectivity index (χ4v) is 3.00. The SMILES string of the molecule is O=C(COCC1CC1)N[C@H]1CCCN(c2ccccc2Cl)C1=O. The largest absolute Gasteiger partial charge is 0.371 e. The van der Waals surface area contributed by atoms with E-state index in [2.05, 4.69) is 5.32 Å². The van der Waals surface area contributed by atoms with Gasteiger partial charge < -0.3 is 15.0 Å². The molecule has 3 rings (SSSR count). The first-order chi connectivity index (χ1) is 11.1. The molecule has 1 atom stereocenters. The van der Waals surface area contributed by atoms with Gasteiger partial charge >= 0.3 is 0 Å². The topological polar surface area (TPSA) is 58.6 Å². The molecule has 1 N–H and O–H groups in total. The summed E-state index contributed by atoms with van der Waals surface area (Å²) in [6.45, 7) is 1.28. The zero-order valence-corrected chi connectivity index (χ0v) is 13.7. The Kier molecular flexibility index (Phi) is 5.18. The van der Waals surface area contributed by atoms with Crippen LogP contribution in [0.25, 0.3) is 0 Å². The minimum atomic E-state index is -0.503. The Balaban J connectivity index is 1.56. The van der Waals surface area contributed by atoms with Crippen LogP contribution in [-0.4, -0.2) is 37.6 Å². The van der Waals surface area contributed by atoms with Crippen molar-refractivity contribution in [2.75, 3.05) is 24.7 Å². The number of carbonyl (C=O) groups is 2. The molecule has 1 saturated heterocycles. The molecule has 0 radical (unpaired) electrons. The van der Waals surface area contributed by atoms with Crippen LogP contribution in [0, 0.1) is 5.92 Å². The van der Waals surface area contributed by atoms with Gasteiger partial charge in [0.2, 0.25) is 11.8 Å². The van der Waals surface area contributed by atoms with Crippen LogP contribution >= 0.6 is 11.6 Å². The molecule has 0 aromatic heterocycles. The first kappa shape index (κ1) is 16.3. The van der Waals surface area contributed by atoms with Crippen LogP contribution in [0.15, 0.2) is 24.3 Å². The molecular formula is C17H21ClN2O3. The highest BCUT2D eigenvalue weighted by Crippen LogP contribution is 2.29. The number of halogens is 1. The lowest BCUT2D eigenvalue weighted by molar-refractivity contribution is -0.131. The lowest BCUT2D eigenvalue weighted by Crippen LogP contribution is -2.53. The average Bonchev–Trinajstić information content (AvgIpc) is 3.35. The van der Waals surface area contributed by atoms with Crippen LogP contribution in [0.5, 0.6) is 0 Å². The van der Waals surface area contributed by atoms with Crippen molar-refractivity contribution in [2.45, 2.75) is 31.7 Å². The number of benzene rings is 1. The van der Waals surface area contributed by atoms with Gasteiger partial charge in [-0.1, -0.05) is 23.7 Å². The van der Waals surface area contributed by atoms with E-state index in [1.807, 2.05) is 18.2 Å². The molecule has 0 spiro atoms. The van der Waals surface area contributed by atoms with E-state index >= 15 is 0 Å². The fourth-order valence-electron chi connectivity index (χ4n) is 2.76. The Morgan fingerprint density at radius 2 is 2.09 bits per heavy atom. The molecule has 1 saturated carbocycles. The first-order valence-electron chi connectivity index (χ1n) is 8.08. The highest BCUT2D eigenvalue weighted by atomic mass is 35.5. The summed E-state index contributed by atoms with van der Waals surface area (Å²) in [6, 6.07) is 6.76. The molecule has 2 fully saturated rings. The predicted octanol–water partition coefficient (Wildman–Crippen LogP) is 2.38. The maximum atomic E-state index is 12.6. The maximum Gasteiger partial charge on any atom is 0.249 e. The molecule has 6 heteroatoms. The van der Waals surface area contributed by atoms with Crippen LogP contribution in [-0.2, 0) is 14.3 Å². The Labute approximate surface area is 140 Å². The second-order valence-electron chi connectivity index (χ2n) is 6.16. The highest BCUT2D eigenvalue weighted by Gasteiger charge is 2.31. The number of carbonyl (C=O) groups excluding carboxylic acids is 2. The predicted molar refractivity (Wildman–Crippen MR) is 88.5 cm³/mol. The van der Waals surface area contributed by atoms with E-state index in [1.54, 1.807) is 11.0 Å². The molecule has 1 aromatic carbocycles. The van der Waals surface area contributed by atoms with Crippen molar-refractivity contribution in [1.29, 1.82) is 0 Å². The number of nitrogens with one attached hydrogen (secondary N) is 1. The van der Waals surface area contributed by atoms with Gasteiger partial charge in [-0.3, -0.25) is 9.59 Å². The lowest BCUT2D eigenvalue weighted by atomic mass is 10.0. The van der Waals surface area contributed by atoms with E-state index < -0.39 is 6.04 Å². The van der Waals surface area contributed by atoms with E-state index in [0.717, 1.165) is 6.42 Å². The van der Waals surface area contributed by atoms with E-state index in [9.17, 15) is 9.59 Å². The Hall–Kier alpha value is -1.59. The standard InChI is InChI=1S/C17H21ClN2O3/c18-13-4-1-2-6-15(13)20-9-3-5-14(17(20)22)19-16(21)11-23-10-12-7-8-12/h1-2,4,6,12,14H,3,5,7-11H2,(H,19,21)/t14-/m0/s1. The van der Waals surface area contributed by atoms with Gasteiger partial charge in [-0.25, -0.2) is 0 Å². The summed E-state index contributed by atoms with van der Waals surface area (Å²) in [5.41, 5.74) is 0.697. The minimum Gasteiger partial charge on any atom is -0.371 e. The molecule has 1 aliphatic carbocycles. The van der Waals surface area contributed by atoms with Crippen molar-refractivity contribution in [3.05, 3.63) is 29.3 Å². The van der Waals surface area contributed by atoms with E-state index in [0.29, 0.717) is 36.2 Å². The van der Waals surface area contributed by atoms with Gasteiger partial charge in [0, 0.05) is 6.54 Å². The third-order valence-corrected chi connectivity index (χ3v) is 4.52. The Morgan fingerprint density at radius 3 is 2.83 bits per heavy atom. The second kappa shape index (κ2) is 7.32. The van der Waals surface area contributed by atoms with Crippen LogP contribution in [0.2, 0.25) is 5.02 Å². The minimum absolute atomic E-state index is 0.0202. The van der Waals surface area contributed by atoms with Gasteiger partial charge in [0.15, 0.2) is 0 Å². The van der Waals surface area contributed by atoms with Crippen molar-refractivity contribution in [1.82, 2.24) is 5.32 Å². The van der Waals surface area contributed by atoms with Gasteiger partial charge in [-0.15, -0.1) is 0 Å². The van der Waals surface area contributed by atoms with E-state index in [-0.39, 0.29) is 18.4 Å². The molecule has 1 aliphatic heterocycles. The number of hydrogen-bond donors (Lipinski definition) is 1. The maximum absolute atomic E-state index is 12.6. The monoisotopic (exact) mass is 336 g/mol. The number of amides is 2. The number of hydrogen-bond acceptors (Lipinski definition) is 3. The van der Waals surface area contributed by atoms with Crippen molar-refractivity contribution in [2.24, 2.45) is 5.92 Å². The smallest absolute Gasteiger partial charge is 0.249 e. The normalized spacial score (nSPS) is 21.3. The molecule has 1 aromatic rings. The molecule has 0 bridgehead atoms. The second-order valence-corrected chi connectivity index (χ2v) is 6.57. The summed E-state index contributed by atoms with van der Waals surface area (Å²) in [7, 11) is 0. The third-order valence-electron chi connectivity index (χ3n) is 4.20. The molecule has 23 heavy (non-hydrogen) atoms. The molecule has 1 heterocycles. The Bertz CT molecular complexity index is 589. The van der Waals surface area contributed by atoms with Crippen LogP contribution < -0.4 is 10.2 Å². The molecule has 5 nitrogen and oxygen atoms in total. The number of nitrogens with zero attached hydrogens (tertiary/aromatic N) is 1. The molecular weight excluding hydrogens is 316 g/mol. The van der Waals surface area contributed by atoms with Crippen molar-refractivity contribution in [3.63, 3.8) is 0 Å². The quantitative estimate of drug-likeness (QED) is 0.867. The zero-order valence-electron chi connectivity index (χ0n) is 13.0. The first-order valence-corrected chi connectivity index (χ1v) is 8.46. The van der Waals surface area contributed by atoms with Gasteiger partial charge in [-0.2, -0.15) is 0 Å². The highest BCUT2D eigenvalue weighted by molar-refractivity contribution is 6.33. The number of para-hydroxylation sites is 1. The lowest BCUT2D eigenvalue weighted by Gasteiger charge is -2.33. The molecule has 2 aliphatic rings. The van der Waals surface area contributed by atoms with Crippen LogP contribution in [0.1, 0.15) is 25.7 Å². The van der Waals surface area contributed by atoms with Crippen molar-refractivity contribution in [3.8, 4) is 0 Å². The number of rotatable bonds is 6. The van der Waals surface area contributed by atoms with Gasteiger partial charge in [0.05, 0.1) is 17.3 Å². The number of ether oxygens (including phenoxy) is 1. The van der Waals surface area contributed by atoms with E-state index in [4.69, 9.17) is 16.3 Å². The molecule has 0 unspecified atom stereocenters. The molecule has 2 amide bonds. The summed E-state index contributed by atoms with van der Waals surface area (Å²) < 4.78 is 5.37. The van der Waals surface area contributed by atoms with Gasteiger partial charge in [-0.05, 0) is 43.7 Å². The van der Waals surface area contributed by atoms with Crippen molar-refractivity contribution >= 4 is 29.1 Å². The van der Waals surface area contributed by atoms with E-state index in [1.165, 1.54) is 12.8 Å². The van der Waals surface area contributed by atoms with Gasteiger partial charge in [0.25, 0.3) is 0 Å². The summed E-state index contributed by atoms with van der Waals surface area (Å²) >= 11 is 6.18. The fraction of sp³-hybridized carbons (Fsp3) is 0.529. The summed E-state index contributed by atoms with van der Waals surface area (Å²) in [6.07, 6.45) is 3.85. The van der Waals surface area contributed by atoms with Gasteiger partial charge in [0.1, 0.15) is 12.6 Å². The zero-order chi connectivity index (χ0) is 16.2. The summed E-state index contributed by atoms with van der Waals surface area (Å²) in [5, 5.41) is 3.33. The summed E-state index contributed by atoms with van der Waals surface area (Å²) in [5.74, 6) is 0.278. The Morgan fingerprint density at radius 1 is 1.30 bits per heavy atom. The van der Waals surface area contributed by atoms with Crippen LogP contribution in [0.4, 0.5) is 5.69 Å². The summed E-state index contributed by atoms with van der Waals surface area (Å²) in [4.78, 5) is 26.2.